The Kier molecular flexibility index (Phi) is 5.79. The lowest BCUT2D eigenvalue weighted by atomic mass is 9.98. The molecule has 2 amide bonds. The van der Waals surface area contributed by atoms with Crippen LogP contribution in [0.25, 0.3) is 11.1 Å². The van der Waals surface area contributed by atoms with Crippen molar-refractivity contribution in [3.8, 4) is 11.1 Å². The number of ether oxygens (including phenoxy) is 1. The highest BCUT2D eigenvalue weighted by atomic mass is 16.5. The van der Waals surface area contributed by atoms with Gasteiger partial charge in [0.1, 0.15) is 12.6 Å². The molecule has 0 saturated heterocycles. The van der Waals surface area contributed by atoms with Gasteiger partial charge in [0.15, 0.2) is 0 Å². The molecule has 5 rings (SSSR count). The standard InChI is InChI=1S/C26H28N2O5/c29-24(28-23(25(30)31)11-15-9-10-15)21-12-16(21)13-27-26(32)33-14-22-19-7-3-1-5-17(19)18-6-2-4-8-20(18)22/h1-8,15-16,21-23H,9-14H2,(H,27,32)(H,28,29)(H,30,31)/t16-,21-,23?/m1/s1. The lowest BCUT2D eigenvalue weighted by Crippen LogP contribution is -2.42. The summed E-state index contributed by atoms with van der Waals surface area (Å²) in [6.45, 7) is 0.588. The average molecular weight is 449 g/mol. The van der Waals surface area contributed by atoms with E-state index in [9.17, 15) is 19.5 Å². The van der Waals surface area contributed by atoms with Crippen molar-refractivity contribution in [3.63, 3.8) is 0 Å². The normalized spacial score (nSPS) is 21.5. The zero-order valence-electron chi connectivity index (χ0n) is 18.3. The summed E-state index contributed by atoms with van der Waals surface area (Å²) < 4.78 is 5.53. The number of carbonyl (C=O) groups is 3. The second-order valence-corrected chi connectivity index (χ2v) is 9.39. The Hall–Kier alpha value is -3.35. The topological polar surface area (TPSA) is 105 Å². The van der Waals surface area contributed by atoms with Crippen molar-refractivity contribution in [2.75, 3.05) is 13.2 Å². The number of rotatable bonds is 9. The summed E-state index contributed by atoms with van der Waals surface area (Å²) in [5, 5.41) is 14.8. The van der Waals surface area contributed by atoms with E-state index in [-0.39, 0.29) is 30.3 Å². The maximum Gasteiger partial charge on any atom is 0.407 e. The van der Waals surface area contributed by atoms with Gasteiger partial charge in [-0.3, -0.25) is 4.79 Å². The largest absolute Gasteiger partial charge is 0.480 e. The Morgan fingerprint density at radius 1 is 1.00 bits per heavy atom. The van der Waals surface area contributed by atoms with E-state index < -0.39 is 18.1 Å². The molecule has 1 unspecified atom stereocenters. The van der Waals surface area contributed by atoms with Crippen molar-refractivity contribution < 1.29 is 24.2 Å². The lowest BCUT2D eigenvalue weighted by molar-refractivity contribution is -0.142. The Morgan fingerprint density at radius 2 is 1.64 bits per heavy atom. The number of fused-ring (bicyclic) bond motifs is 3. The van der Waals surface area contributed by atoms with Crippen LogP contribution < -0.4 is 10.6 Å². The Labute approximate surface area is 192 Å². The molecule has 7 heteroatoms. The molecule has 2 aromatic carbocycles. The number of carbonyl (C=O) groups excluding carboxylic acids is 2. The number of carboxylic acids is 1. The highest BCUT2D eigenvalue weighted by Gasteiger charge is 2.44. The molecule has 172 valence electrons. The summed E-state index contributed by atoms with van der Waals surface area (Å²) in [6, 6.07) is 15.5. The summed E-state index contributed by atoms with van der Waals surface area (Å²) in [5.41, 5.74) is 4.67. The molecule has 2 saturated carbocycles. The van der Waals surface area contributed by atoms with E-state index in [1.807, 2.05) is 24.3 Å². The van der Waals surface area contributed by atoms with Crippen molar-refractivity contribution in [3.05, 3.63) is 59.7 Å². The molecule has 0 bridgehead atoms. The van der Waals surface area contributed by atoms with E-state index in [4.69, 9.17) is 4.74 Å². The van der Waals surface area contributed by atoms with Crippen LogP contribution in [0.4, 0.5) is 4.79 Å². The average Bonchev–Trinajstić information content (AvgIpc) is 3.74. The molecule has 0 spiro atoms. The van der Waals surface area contributed by atoms with E-state index in [2.05, 4.69) is 34.9 Å². The molecule has 33 heavy (non-hydrogen) atoms. The molecule has 3 atom stereocenters. The van der Waals surface area contributed by atoms with Gasteiger partial charge >= 0.3 is 12.1 Å². The maximum absolute atomic E-state index is 12.4. The smallest absolute Gasteiger partial charge is 0.407 e. The van der Waals surface area contributed by atoms with Gasteiger partial charge in [-0.05, 0) is 46.9 Å². The van der Waals surface area contributed by atoms with Gasteiger partial charge in [-0.15, -0.1) is 0 Å². The first kappa shape index (κ1) is 21.5. The van der Waals surface area contributed by atoms with Gasteiger partial charge in [0, 0.05) is 18.4 Å². The van der Waals surface area contributed by atoms with Crippen molar-refractivity contribution in [2.45, 2.75) is 37.6 Å². The first-order chi connectivity index (χ1) is 16.0. The Bertz CT molecular complexity index is 1030. The van der Waals surface area contributed by atoms with E-state index >= 15 is 0 Å². The van der Waals surface area contributed by atoms with Crippen LogP contribution in [0.5, 0.6) is 0 Å². The molecule has 7 nitrogen and oxygen atoms in total. The molecule has 0 aromatic heterocycles. The minimum absolute atomic E-state index is 0.00187. The fraction of sp³-hybridized carbons (Fsp3) is 0.423. The van der Waals surface area contributed by atoms with E-state index in [0.717, 1.165) is 24.0 Å². The second kappa shape index (κ2) is 8.89. The quantitative estimate of drug-likeness (QED) is 0.544. The molecule has 2 fully saturated rings. The SMILES string of the molecule is O=C(NC[C@H]1C[C@H]1C(=O)NC(CC1CC1)C(=O)O)OCC1c2ccccc2-c2ccccc21. The molecule has 3 aliphatic rings. The molecule has 0 radical (unpaired) electrons. The number of nitrogens with one attached hydrogen (secondary N) is 2. The zero-order valence-corrected chi connectivity index (χ0v) is 18.3. The number of hydrogen-bond acceptors (Lipinski definition) is 4. The first-order valence-corrected chi connectivity index (χ1v) is 11.6. The molecular formula is C26H28N2O5. The van der Waals surface area contributed by atoms with E-state index in [1.165, 1.54) is 11.1 Å². The predicted octanol–water partition coefficient (Wildman–Crippen LogP) is 3.53. The summed E-state index contributed by atoms with van der Waals surface area (Å²) in [5.74, 6) is -1.04. The van der Waals surface area contributed by atoms with Crippen molar-refractivity contribution in [1.82, 2.24) is 10.6 Å². The van der Waals surface area contributed by atoms with Crippen molar-refractivity contribution in [2.24, 2.45) is 17.8 Å². The van der Waals surface area contributed by atoms with Crippen LogP contribution in [-0.2, 0) is 14.3 Å². The van der Waals surface area contributed by atoms with Crippen LogP contribution in [-0.4, -0.2) is 42.3 Å². The minimum atomic E-state index is -0.982. The van der Waals surface area contributed by atoms with E-state index in [0.29, 0.717) is 25.3 Å². The van der Waals surface area contributed by atoms with Gasteiger partial charge in [-0.1, -0.05) is 61.4 Å². The number of aliphatic carboxylic acids is 1. The summed E-state index contributed by atoms with van der Waals surface area (Å²) >= 11 is 0. The monoisotopic (exact) mass is 448 g/mol. The summed E-state index contributed by atoms with van der Waals surface area (Å²) in [4.78, 5) is 36.1. The third-order valence-electron chi connectivity index (χ3n) is 6.99. The molecule has 3 aliphatic carbocycles. The van der Waals surface area contributed by atoms with Gasteiger partial charge in [-0.25, -0.2) is 9.59 Å². The zero-order chi connectivity index (χ0) is 22.9. The fourth-order valence-corrected chi connectivity index (χ4v) is 4.85. The van der Waals surface area contributed by atoms with Crippen LogP contribution in [0.3, 0.4) is 0 Å². The van der Waals surface area contributed by atoms with Gasteiger partial charge in [0.05, 0.1) is 0 Å². The van der Waals surface area contributed by atoms with Crippen molar-refractivity contribution in [1.29, 1.82) is 0 Å². The number of carboxylic acid groups (broad SMARTS) is 1. The number of hydrogen-bond donors (Lipinski definition) is 3. The Balaban J connectivity index is 1.09. The molecular weight excluding hydrogens is 420 g/mol. The second-order valence-electron chi connectivity index (χ2n) is 9.39. The number of benzene rings is 2. The molecule has 3 N–H and O–H groups in total. The number of alkyl carbamates (subject to hydrolysis) is 1. The van der Waals surface area contributed by atoms with Crippen molar-refractivity contribution >= 4 is 18.0 Å². The van der Waals surface area contributed by atoms with Gasteiger partial charge in [0.25, 0.3) is 0 Å². The molecule has 2 aromatic rings. The highest BCUT2D eigenvalue weighted by Crippen LogP contribution is 2.44. The van der Waals surface area contributed by atoms with E-state index in [1.54, 1.807) is 0 Å². The van der Waals surface area contributed by atoms with Gasteiger partial charge in [-0.2, -0.15) is 0 Å². The van der Waals surface area contributed by atoms with Crippen LogP contribution in [0.15, 0.2) is 48.5 Å². The third-order valence-corrected chi connectivity index (χ3v) is 6.99. The lowest BCUT2D eigenvalue weighted by Gasteiger charge is -2.15. The highest BCUT2D eigenvalue weighted by molar-refractivity contribution is 5.87. The first-order valence-electron chi connectivity index (χ1n) is 11.6. The maximum atomic E-state index is 12.4. The predicted molar refractivity (Wildman–Crippen MR) is 122 cm³/mol. The van der Waals surface area contributed by atoms with Gasteiger partial charge < -0.3 is 20.5 Å². The molecule has 0 aliphatic heterocycles. The van der Waals surface area contributed by atoms with Gasteiger partial charge in [0.2, 0.25) is 5.91 Å². The third kappa shape index (κ3) is 4.72. The Morgan fingerprint density at radius 3 is 2.24 bits per heavy atom. The van der Waals surface area contributed by atoms with Crippen LogP contribution in [0.2, 0.25) is 0 Å². The summed E-state index contributed by atoms with van der Waals surface area (Å²) in [6.07, 6.45) is 2.72. The van der Waals surface area contributed by atoms with Crippen LogP contribution >= 0.6 is 0 Å². The minimum Gasteiger partial charge on any atom is -0.480 e. The summed E-state index contributed by atoms with van der Waals surface area (Å²) in [7, 11) is 0. The van der Waals surface area contributed by atoms with Crippen LogP contribution in [0.1, 0.15) is 42.7 Å². The number of amides is 2. The molecule has 0 heterocycles. The fourth-order valence-electron chi connectivity index (χ4n) is 4.85. The van der Waals surface area contributed by atoms with Crippen LogP contribution in [0, 0.1) is 17.8 Å².